The van der Waals surface area contributed by atoms with E-state index in [1.54, 1.807) is 0 Å². The van der Waals surface area contributed by atoms with E-state index >= 15 is 0 Å². The number of nitrogens with two attached hydrogens (primary N) is 1. The van der Waals surface area contributed by atoms with Crippen LogP contribution in [0.25, 0.3) is 0 Å². The Labute approximate surface area is 109 Å². The summed E-state index contributed by atoms with van der Waals surface area (Å²) in [6.45, 7) is 4.48. The highest BCUT2D eigenvalue weighted by Gasteiger charge is 2.21. The van der Waals surface area contributed by atoms with E-state index in [-0.39, 0.29) is 0 Å². The van der Waals surface area contributed by atoms with Crippen LogP contribution in [0.5, 0.6) is 0 Å². The van der Waals surface area contributed by atoms with Gasteiger partial charge in [0.1, 0.15) is 0 Å². The van der Waals surface area contributed by atoms with Crippen LogP contribution in [-0.2, 0) is 0 Å². The lowest BCUT2D eigenvalue weighted by Gasteiger charge is -2.27. The van der Waals surface area contributed by atoms with Gasteiger partial charge in [-0.1, -0.05) is 13.3 Å². The Morgan fingerprint density at radius 3 is 2.53 bits per heavy atom. The molecule has 2 heteroatoms. The van der Waals surface area contributed by atoms with E-state index in [9.17, 15) is 0 Å². The summed E-state index contributed by atoms with van der Waals surface area (Å²) in [6.07, 6.45) is 6.96. The van der Waals surface area contributed by atoms with Crippen LogP contribution in [0.1, 0.15) is 44.6 Å². The van der Waals surface area contributed by atoms with Crippen LogP contribution in [0.15, 0.2) is 23.1 Å². The molecule has 0 aromatic heterocycles. The second-order valence-electron chi connectivity index (χ2n) is 5.19. The van der Waals surface area contributed by atoms with E-state index in [4.69, 9.17) is 5.73 Å². The predicted octanol–water partition coefficient (Wildman–Crippen LogP) is 4.64. The number of thioether (sulfide) groups is 1. The lowest BCUT2D eigenvalue weighted by Crippen LogP contribution is -2.15. The fourth-order valence-corrected chi connectivity index (χ4v) is 3.90. The molecule has 0 saturated heterocycles. The largest absolute Gasteiger partial charge is 0.399 e. The van der Waals surface area contributed by atoms with E-state index in [1.807, 2.05) is 6.07 Å². The fourth-order valence-electron chi connectivity index (χ4n) is 2.64. The van der Waals surface area contributed by atoms with Crippen molar-refractivity contribution in [1.29, 1.82) is 0 Å². The highest BCUT2D eigenvalue weighted by molar-refractivity contribution is 8.00. The van der Waals surface area contributed by atoms with E-state index < -0.39 is 0 Å². The summed E-state index contributed by atoms with van der Waals surface area (Å²) in [5, 5.41) is 0.820. The van der Waals surface area contributed by atoms with E-state index in [0.29, 0.717) is 0 Å². The molecule has 94 valence electrons. The molecule has 0 unspecified atom stereocenters. The van der Waals surface area contributed by atoms with Crippen molar-refractivity contribution in [2.24, 2.45) is 5.92 Å². The molecule has 0 heterocycles. The van der Waals surface area contributed by atoms with Crippen molar-refractivity contribution >= 4 is 17.4 Å². The van der Waals surface area contributed by atoms with Crippen LogP contribution in [0.3, 0.4) is 0 Å². The summed E-state index contributed by atoms with van der Waals surface area (Å²) in [7, 11) is 0. The van der Waals surface area contributed by atoms with Gasteiger partial charge in [-0.15, -0.1) is 11.8 Å². The van der Waals surface area contributed by atoms with Crippen molar-refractivity contribution in [3.05, 3.63) is 23.8 Å². The van der Waals surface area contributed by atoms with Crippen molar-refractivity contribution < 1.29 is 0 Å². The van der Waals surface area contributed by atoms with Gasteiger partial charge in [-0.05, 0) is 62.3 Å². The molecule has 17 heavy (non-hydrogen) atoms. The van der Waals surface area contributed by atoms with Crippen molar-refractivity contribution in [1.82, 2.24) is 0 Å². The van der Waals surface area contributed by atoms with Crippen molar-refractivity contribution in [3.63, 3.8) is 0 Å². The second kappa shape index (κ2) is 5.81. The molecular weight excluding hydrogens is 226 g/mol. The fraction of sp³-hybridized carbons (Fsp3) is 0.600. The number of hydrogen-bond donors (Lipinski definition) is 1. The first-order valence-corrected chi connectivity index (χ1v) is 7.59. The Balaban J connectivity index is 1.93. The number of nitrogen functional groups attached to an aromatic ring is 1. The van der Waals surface area contributed by atoms with Gasteiger partial charge in [-0.3, -0.25) is 0 Å². The molecule has 2 N–H and O–H groups in total. The van der Waals surface area contributed by atoms with Gasteiger partial charge in [-0.25, -0.2) is 0 Å². The van der Waals surface area contributed by atoms with E-state index in [2.05, 4.69) is 37.7 Å². The standard InChI is InChI=1S/C15H23NS/c1-3-12-4-7-14(8-5-12)17-15-9-6-13(16)10-11(15)2/h6,9-10,12,14H,3-5,7-8,16H2,1-2H3. The van der Waals surface area contributed by atoms with Crippen molar-refractivity contribution in [3.8, 4) is 0 Å². The van der Waals surface area contributed by atoms with Gasteiger partial charge < -0.3 is 5.73 Å². The lowest BCUT2D eigenvalue weighted by atomic mass is 9.87. The average Bonchev–Trinajstić information content (AvgIpc) is 2.34. The number of aryl methyl sites for hydroxylation is 1. The Hall–Kier alpha value is -0.630. The lowest BCUT2D eigenvalue weighted by molar-refractivity contribution is 0.356. The maximum atomic E-state index is 5.79. The summed E-state index contributed by atoms with van der Waals surface area (Å²) < 4.78 is 0. The minimum atomic E-state index is 0.820. The van der Waals surface area contributed by atoms with Crippen LogP contribution in [0.2, 0.25) is 0 Å². The summed E-state index contributed by atoms with van der Waals surface area (Å²) in [5.74, 6) is 0.986. The highest BCUT2D eigenvalue weighted by atomic mass is 32.2. The SMILES string of the molecule is CCC1CCC(Sc2ccc(N)cc2C)CC1. The molecule has 1 aliphatic carbocycles. The molecule has 1 saturated carbocycles. The van der Waals surface area contributed by atoms with Crippen LogP contribution in [-0.4, -0.2) is 5.25 Å². The summed E-state index contributed by atoms with van der Waals surface area (Å²) >= 11 is 2.06. The van der Waals surface area contributed by atoms with Crippen LogP contribution >= 0.6 is 11.8 Å². The summed E-state index contributed by atoms with van der Waals surface area (Å²) in [4.78, 5) is 1.42. The molecule has 0 spiro atoms. The van der Waals surface area contributed by atoms with Gasteiger partial charge in [0.05, 0.1) is 0 Å². The highest BCUT2D eigenvalue weighted by Crippen LogP contribution is 2.38. The third-order valence-corrected chi connectivity index (χ3v) is 5.38. The minimum absolute atomic E-state index is 0.820. The van der Waals surface area contributed by atoms with Gasteiger partial charge in [0.2, 0.25) is 0 Å². The van der Waals surface area contributed by atoms with E-state index in [0.717, 1.165) is 16.9 Å². The number of hydrogen-bond acceptors (Lipinski definition) is 2. The van der Waals surface area contributed by atoms with Crippen LogP contribution in [0.4, 0.5) is 5.69 Å². The molecule has 0 atom stereocenters. The molecule has 0 radical (unpaired) electrons. The zero-order valence-corrected chi connectivity index (χ0v) is 11.7. The van der Waals surface area contributed by atoms with Gasteiger partial charge in [0.15, 0.2) is 0 Å². The van der Waals surface area contributed by atoms with Crippen molar-refractivity contribution in [2.45, 2.75) is 56.1 Å². The molecule has 2 rings (SSSR count). The molecule has 0 aliphatic heterocycles. The Morgan fingerprint density at radius 1 is 1.24 bits per heavy atom. The Morgan fingerprint density at radius 2 is 1.94 bits per heavy atom. The summed E-state index contributed by atoms with van der Waals surface area (Å²) in [5.41, 5.74) is 7.99. The molecule has 0 amide bonds. The van der Waals surface area contributed by atoms with Crippen LogP contribution < -0.4 is 5.73 Å². The third-order valence-electron chi connectivity index (χ3n) is 3.86. The normalized spacial score (nSPS) is 24.8. The van der Waals surface area contributed by atoms with Gasteiger partial charge in [-0.2, -0.15) is 0 Å². The zero-order chi connectivity index (χ0) is 12.3. The number of benzene rings is 1. The Bertz CT molecular complexity index is 367. The van der Waals surface area contributed by atoms with Gasteiger partial charge in [0, 0.05) is 15.8 Å². The van der Waals surface area contributed by atoms with Gasteiger partial charge in [0.25, 0.3) is 0 Å². The second-order valence-corrected chi connectivity index (χ2v) is 6.54. The van der Waals surface area contributed by atoms with Crippen molar-refractivity contribution in [2.75, 3.05) is 5.73 Å². The zero-order valence-electron chi connectivity index (χ0n) is 10.9. The first-order chi connectivity index (χ1) is 8.19. The Kier molecular flexibility index (Phi) is 4.38. The first kappa shape index (κ1) is 12.8. The maximum absolute atomic E-state index is 5.79. The number of anilines is 1. The quantitative estimate of drug-likeness (QED) is 0.790. The van der Waals surface area contributed by atoms with Crippen LogP contribution in [0, 0.1) is 12.8 Å². The number of rotatable bonds is 3. The summed E-state index contributed by atoms with van der Waals surface area (Å²) in [6, 6.07) is 6.29. The predicted molar refractivity (Wildman–Crippen MR) is 77.5 cm³/mol. The van der Waals surface area contributed by atoms with Gasteiger partial charge >= 0.3 is 0 Å². The molecule has 0 bridgehead atoms. The average molecular weight is 249 g/mol. The molecule has 1 fully saturated rings. The molecular formula is C15H23NS. The topological polar surface area (TPSA) is 26.0 Å². The molecule has 1 aromatic rings. The maximum Gasteiger partial charge on any atom is 0.0317 e. The minimum Gasteiger partial charge on any atom is -0.399 e. The monoisotopic (exact) mass is 249 g/mol. The molecule has 1 aliphatic rings. The first-order valence-electron chi connectivity index (χ1n) is 6.71. The molecule has 1 aromatic carbocycles. The smallest absolute Gasteiger partial charge is 0.0317 e. The van der Waals surface area contributed by atoms with E-state index in [1.165, 1.54) is 42.6 Å². The molecule has 1 nitrogen and oxygen atoms in total. The third kappa shape index (κ3) is 3.41.